The molecule has 0 N–H and O–H groups in total. The van der Waals surface area contributed by atoms with Gasteiger partial charge in [0.1, 0.15) is 10.6 Å². The van der Waals surface area contributed by atoms with E-state index in [2.05, 4.69) is 12.1 Å². The van der Waals surface area contributed by atoms with Crippen LogP contribution in [0.3, 0.4) is 0 Å². The van der Waals surface area contributed by atoms with Gasteiger partial charge in [0.25, 0.3) is 5.56 Å². The molecule has 5 rings (SSSR count). The number of aromatic nitrogens is 3. The Morgan fingerprint density at radius 2 is 2.17 bits per heavy atom. The first-order valence-electron chi connectivity index (χ1n) is 10.7. The number of thiophene rings is 1. The van der Waals surface area contributed by atoms with E-state index in [1.807, 2.05) is 18.4 Å². The van der Waals surface area contributed by atoms with Gasteiger partial charge in [-0.1, -0.05) is 23.8 Å². The number of hydrogen-bond donors (Lipinski definition) is 0. The van der Waals surface area contributed by atoms with Gasteiger partial charge in [0, 0.05) is 22.8 Å². The summed E-state index contributed by atoms with van der Waals surface area (Å²) in [4.78, 5) is 20.9. The Labute approximate surface area is 184 Å². The summed E-state index contributed by atoms with van der Waals surface area (Å²) in [6, 6.07) is 0. The number of rotatable bonds is 5. The van der Waals surface area contributed by atoms with Crippen LogP contribution in [0.2, 0.25) is 0 Å². The molecule has 2 aliphatic rings. The second kappa shape index (κ2) is 8.13. The summed E-state index contributed by atoms with van der Waals surface area (Å²) in [7, 11) is 0. The first-order valence-corrected chi connectivity index (χ1v) is 12.5. The summed E-state index contributed by atoms with van der Waals surface area (Å²) in [5.41, 5.74) is 3.32. The molecule has 2 unspecified atom stereocenters. The van der Waals surface area contributed by atoms with E-state index in [0.29, 0.717) is 18.2 Å². The van der Waals surface area contributed by atoms with E-state index >= 15 is 0 Å². The number of fused-ring (bicyclic) bond motifs is 3. The van der Waals surface area contributed by atoms with Crippen molar-refractivity contribution in [3.05, 3.63) is 37.8 Å². The molecule has 1 aliphatic carbocycles. The molecule has 0 amide bonds. The van der Waals surface area contributed by atoms with Gasteiger partial charge in [-0.25, -0.2) is 4.98 Å². The van der Waals surface area contributed by atoms with E-state index in [1.54, 1.807) is 23.1 Å². The number of hydrogen-bond acceptors (Lipinski definition) is 7. The van der Waals surface area contributed by atoms with Crippen molar-refractivity contribution in [1.29, 1.82) is 0 Å². The SMILES string of the molecule is Cc1noc(C)c1CSc1nc2sc3c(c2c(=O)n1CC1CCCO1)CCC(C)C3. The summed E-state index contributed by atoms with van der Waals surface area (Å²) in [6.07, 6.45) is 5.34. The quantitative estimate of drug-likeness (QED) is 0.420. The largest absolute Gasteiger partial charge is 0.376 e. The molecule has 1 saturated heterocycles. The Bertz CT molecular complexity index is 1120. The minimum atomic E-state index is 0.0925. The van der Waals surface area contributed by atoms with E-state index in [0.717, 1.165) is 71.1 Å². The number of aryl methyl sites for hydroxylation is 3. The van der Waals surface area contributed by atoms with Crippen LogP contribution < -0.4 is 5.56 Å². The van der Waals surface area contributed by atoms with Crippen molar-refractivity contribution < 1.29 is 9.26 Å². The van der Waals surface area contributed by atoms with Crippen molar-refractivity contribution in [3.8, 4) is 0 Å². The van der Waals surface area contributed by atoms with E-state index in [9.17, 15) is 4.79 Å². The summed E-state index contributed by atoms with van der Waals surface area (Å²) in [5, 5.41) is 5.68. The van der Waals surface area contributed by atoms with Crippen molar-refractivity contribution in [1.82, 2.24) is 14.7 Å². The lowest BCUT2D eigenvalue weighted by Crippen LogP contribution is -2.29. The molecule has 0 saturated carbocycles. The fourth-order valence-corrected chi connectivity index (χ4v) is 7.10. The standard InChI is InChI=1S/C22H27N3O3S2/c1-12-6-7-16-18(9-12)30-20-19(16)21(26)25(10-15-5-4-8-27-15)22(23-20)29-11-17-13(2)24-28-14(17)3/h12,15H,4-11H2,1-3H3. The fourth-order valence-electron chi connectivity index (χ4n) is 4.51. The average molecular weight is 446 g/mol. The lowest BCUT2D eigenvalue weighted by molar-refractivity contribution is 0.0937. The van der Waals surface area contributed by atoms with E-state index < -0.39 is 0 Å². The molecule has 0 radical (unpaired) electrons. The van der Waals surface area contributed by atoms with E-state index in [-0.39, 0.29) is 11.7 Å². The van der Waals surface area contributed by atoms with Gasteiger partial charge in [-0.2, -0.15) is 0 Å². The van der Waals surface area contributed by atoms with E-state index in [4.69, 9.17) is 14.2 Å². The van der Waals surface area contributed by atoms with Gasteiger partial charge in [0.05, 0.1) is 23.7 Å². The molecule has 0 spiro atoms. The van der Waals surface area contributed by atoms with Crippen LogP contribution in [-0.4, -0.2) is 27.4 Å². The fraction of sp³-hybridized carbons (Fsp3) is 0.591. The highest BCUT2D eigenvalue weighted by Gasteiger charge is 2.26. The van der Waals surface area contributed by atoms with E-state index in [1.165, 1.54) is 10.4 Å². The molecule has 1 aliphatic heterocycles. The predicted molar refractivity (Wildman–Crippen MR) is 120 cm³/mol. The molecule has 2 atom stereocenters. The molecule has 0 bridgehead atoms. The van der Waals surface area contributed by atoms with Gasteiger partial charge in [0.15, 0.2) is 5.16 Å². The zero-order valence-corrected chi connectivity index (χ0v) is 19.3. The molecule has 6 nitrogen and oxygen atoms in total. The molecule has 4 heterocycles. The maximum absolute atomic E-state index is 13.7. The van der Waals surface area contributed by atoms with Gasteiger partial charge in [-0.05, 0) is 57.4 Å². The topological polar surface area (TPSA) is 70.2 Å². The number of ether oxygens (including phenoxy) is 1. The Morgan fingerprint density at radius 3 is 2.90 bits per heavy atom. The van der Waals surface area contributed by atoms with Crippen LogP contribution >= 0.6 is 23.1 Å². The Hall–Kier alpha value is -1.64. The third-order valence-corrected chi connectivity index (χ3v) is 8.47. The third kappa shape index (κ3) is 3.63. The molecule has 3 aromatic rings. The molecular weight excluding hydrogens is 418 g/mol. The maximum atomic E-state index is 13.7. The molecule has 0 aromatic carbocycles. The maximum Gasteiger partial charge on any atom is 0.263 e. The highest BCUT2D eigenvalue weighted by molar-refractivity contribution is 7.98. The van der Waals surface area contributed by atoms with Gasteiger partial charge >= 0.3 is 0 Å². The second-order valence-corrected chi connectivity index (χ2v) is 10.6. The summed E-state index contributed by atoms with van der Waals surface area (Å²) >= 11 is 3.31. The number of thioether (sulfide) groups is 1. The van der Waals surface area contributed by atoms with Crippen molar-refractivity contribution in [2.24, 2.45) is 5.92 Å². The van der Waals surface area contributed by atoms with Crippen molar-refractivity contribution in [2.45, 2.75) is 76.4 Å². The number of nitrogens with zero attached hydrogens (tertiary/aromatic N) is 3. The first kappa shape index (κ1) is 20.3. The van der Waals surface area contributed by atoms with Crippen LogP contribution in [0.1, 0.15) is 53.6 Å². The van der Waals surface area contributed by atoms with Crippen molar-refractivity contribution in [3.63, 3.8) is 0 Å². The smallest absolute Gasteiger partial charge is 0.263 e. The molecule has 3 aromatic heterocycles. The molecular formula is C22H27N3O3S2. The predicted octanol–water partition coefficient (Wildman–Crippen LogP) is 4.66. The molecule has 30 heavy (non-hydrogen) atoms. The molecule has 160 valence electrons. The highest BCUT2D eigenvalue weighted by Crippen LogP contribution is 2.37. The van der Waals surface area contributed by atoms with Gasteiger partial charge in [-0.3, -0.25) is 9.36 Å². The summed E-state index contributed by atoms with van der Waals surface area (Å²) in [6.45, 7) is 7.54. The normalized spacial score (nSPS) is 21.4. The third-order valence-electron chi connectivity index (χ3n) is 6.32. The lowest BCUT2D eigenvalue weighted by Gasteiger charge is -2.18. The van der Waals surface area contributed by atoms with Crippen LogP contribution in [0.15, 0.2) is 14.5 Å². The Balaban J connectivity index is 1.57. The van der Waals surface area contributed by atoms with Crippen LogP contribution in [-0.2, 0) is 29.9 Å². The van der Waals surface area contributed by atoms with Crippen LogP contribution in [0.5, 0.6) is 0 Å². The minimum absolute atomic E-state index is 0.0925. The Morgan fingerprint density at radius 1 is 1.30 bits per heavy atom. The van der Waals surface area contributed by atoms with Crippen LogP contribution in [0, 0.1) is 19.8 Å². The average Bonchev–Trinajstić information content (AvgIpc) is 3.42. The zero-order valence-electron chi connectivity index (χ0n) is 17.7. The zero-order chi connectivity index (χ0) is 20.8. The van der Waals surface area contributed by atoms with Crippen LogP contribution in [0.4, 0.5) is 0 Å². The van der Waals surface area contributed by atoms with Gasteiger partial charge in [-0.15, -0.1) is 11.3 Å². The Kier molecular flexibility index (Phi) is 5.49. The van der Waals surface area contributed by atoms with Crippen LogP contribution in [0.25, 0.3) is 10.2 Å². The highest BCUT2D eigenvalue weighted by atomic mass is 32.2. The van der Waals surface area contributed by atoms with Gasteiger partial charge < -0.3 is 9.26 Å². The molecule has 1 fully saturated rings. The minimum Gasteiger partial charge on any atom is -0.376 e. The van der Waals surface area contributed by atoms with Crippen molar-refractivity contribution >= 4 is 33.3 Å². The van der Waals surface area contributed by atoms with Crippen molar-refractivity contribution in [2.75, 3.05) is 6.61 Å². The monoisotopic (exact) mass is 445 g/mol. The first-order chi connectivity index (χ1) is 14.5. The van der Waals surface area contributed by atoms with Gasteiger partial charge in [0.2, 0.25) is 0 Å². The molecule has 8 heteroatoms. The summed E-state index contributed by atoms with van der Waals surface area (Å²) < 4.78 is 13.0. The summed E-state index contributed by atoms with van der Waals surface area (Å²) in [5.74, 6) is 2.19. The lowest BCUT2D eigenvalue weighted by atomic mass is 9.89. The second-order valence-electron chi connectivity index (χ2n) is 8.57.